The minimum atomic E-state index is -3.79. The molecule has 0 atom stereocenters. The monoisotopic (exact) mass is 436 g/mol. The molecule has 0 unspecified atom stereocenters. The van der Waals surface area contributed by atoms with E-state index in [4.69, 9.17) is 5.14 Å². The van der Waals surface area contributed by atoms with E-state index in [2.05, 4.69) is 4.98 Å². The lowest BCUT2D eigenvalue weighted by Crippen LogP contribution is -2.24. The van der Waals surface area contributed by atoms with Crippen LogP contribution in [0.3, 0.4) is 0 Å². The van der Waals surface area contributed by atoms with Gasteiger partial charge in [-0.15, -0.1) is 0 Å². The van der Waals surface area contributed by atoms with Crippen molar-refractivity contribution in [2.24, 2.45) is 5.14 Å². The van der Waals surface area contributed by atoms with Gasteiger partial charge in [-0.05, 0) is 56.3 Å². The van der Waals surface area contributed by atoms with E-state index in [-0.39, 0.29) is 22.8 Å². The molecule has 0 aliphatic rings. The van der Waals surface area contributed by atoms with Gasteiger partial charge in [0.25, 0.3) is 5.56 Å². The lowest BCUT2D eigenvalue weighted by Gasteiger charge is -2.11. The normalized spacial score (nSPS) is 11.7. The van der Waals surface area contributed by atoms with Crippen molar-refractivity contribution in [1.82, 2.24) is 14.1 Å². The third-order valence-electron chi connectivity index (χ3n) is 5.20. The van der Waals surface area contributed by atoms with E-state index >= 15 is 0 Å². The first-order chi connectivity index (χ1) is 14.7. The molecule has 4 aromatic rings. The molecule has 0 bridgehead atoms. The summed E-state index contributed by atoms with van der Waals surface area (Å²) < 4.78 is 26.1. The summed E-state index contributed by atoms with van der Waals surface area (Å²) in [5.74, 6) is -0.223. The Labute approximate surface area is 178 Å². The van der Waals surface area contributed by atoms with Crippen LogP contribution in [0.2, 0.25) is 0 Å². The van der Waals surface area contributed by atoms with Crippen LogP contribution < -0.4 is 10.7 Å². The number of sulfonamides is 1. The highest BCUT2D eigenvalue weighted by atomic mass is 32.2. The second kappa shape index (κ2) is 7.60. The molecule has 158 valence electrons. The van der Waals surface area contributed by atoms with Crippen LogP contribution in [0.4, 0.5) is 0 Å². The number of fused-ring (bicyclic) bond motifs is 1. The standard InChI is InChI=1S/C22H20N4O4S/c1-14-11-19(15(2)26(14)16-7-9-17(10-8-16)31(23,29)30)21(27)12-25-13-24-20-6-4-3-5-18(20)22(25)28/h3-11,13H,12H2,1-2H3,(H2,23,29,30). The Bertz CT molecular complexity index is 1480. The Kier molecular flexibility index (Phi) is 5.08. The number of primary sulfonamides is 1. The summed E-state index contributed by atoms with van der Waals surface area (Å²) in [4.78, 5) is 30.0. The van der Waals surface area contributed by atoms with E-state index in [1.165, 1.54) is 23.0 Å². The Morgan fingerprint density at radius 3 is 2.42 bits per heavy atom. The summed E-state index contributed by atoms with van der Waals surface area (Å²) in [7, 11) is -3.79. The average Bonchev–Trinajstić information content (AvgIpc) is 3.04. The highest BCUT2D eigenvalue weighted by Crippen LogP contribution is 2.22. The summed E-state index contributed by atoms with van der Waals surface area (Å²) in [5, 5.41) is 5.61. The van der Waals surface area contributed by atoms with Gasteiger partial charge >= 0.3 is 0 Å². The number of para-hydroxylation sites is 1. The first-order valence-corrected chi connectivity index (χ1v) is 11.0. The zero-order valence-corrected chi connectivity index (χ0v) is 17.8. The van der Waals surface area contributed by atoms with Crippen LogP contribution in [0.5, 0.6) is 0 Å². The van der Waals surface area contributed by atoms with Crippen molar-refractivity contribution in [1.29, 1.82) is 0 Å². The van der Waals surface area contributed by atoms with Crippen molar-refractivity contribution >= 4 is 26.7 Å². The van der Waals surface area contributed by atoms with Crippen LogP contribution in [0.1, 0.15) is 21.7 Å². The number of aryl methyl sites for hydroxylation is 1. The number of benzene rings is 2. The quantitative estimate of drug-likeness (QED) is 0.482. The zero-order chi connectivity index (χ0) is 22.3. The molecule has 9 heteroatoms. The largest absolute Gasteiger partial charge is 0.318 e. The molecule has 0 amide bonds. The molecule has 0 saturated heterocycles. The Morgan fingerprint density at radius 2 is 1.74 bits per heavy atom. The number of aromatic nitrogens is 3. The van der Waals surface area contributed by atoms with E-state index in [1.54, 1.807) is 49.4 Å². The Hall–Kier alpha value is -3.56. The molecule has 0 spiro atoms. The maximum Gasteiger partial charge on any atom is 0.261 e. The van der Waals surface area contributed by atoms with Gasteiger partial charge in [0.05, 0.1) is 28.7 Å². The topological polar surface area (TPSA) is 117 Å². The minimum absolute atomic E-state index is 0.0122. The van der Waals surface area contributed by atoms with Crippen LogP contribution >= 0.6 is 0 Å². The van der Waals surface area contributed by atoms with Gasteiger partial charge in [0.1, 0.15) is 0 Å². The number of carbonyl (C=O) groups is 1. The number of hydrogen-bond donors (Lipinski definition) is 1. The number of ketones is 1. The minimum Gasteiger partial charge on any atom is -0.318 e. The van der Waals surface area contributed by atoms with Crippen LogP contribution in [0.15, 0.2) is 70.6 Å². The lowest BCUT2D eigenvalue weighted by atomic mass is 10.1. The zero-order valence-electron chi connectivity index (χ0n) is 16.9. The Balaban J connectivity index is 1.68. The van der Waals surface area contributed by atoms with E-state index in [1.807, 2.05) is 11.5 Å². The van der Waals surface area contributed by atoms with Crippen LogP contribution in [0, 0.1) is 13.8 Å². The second-order valence-electron chi connectivity index (χ2n) is 7.28. The van der Waals surface area contributed by atoms with Gasteiger partial charge in [0, 0.05) is 22.6 Å². The summed E-state index contributed by atoms with van der Waals surface area (Å²) in [5.41, 5.74) is 2.98. The number of nitrogens with two attached hydrogens (primary N) is 1. The van der Waals surface area contributed by atoms with Crippen molar-refractivity contribution in [3.8, 4) is 5.69 Å². The summed E-state index contributed by atoms with van der Waals surface area (Å²) in [6.45, 7) is 3.52. The molecule has 0 radical (unpaired) electrons. The van der Waals surface area contributed by atoms with Gasteiger partial charge in [0.15, 0.2) is 5.78 Å². The second-order valence-corrected chi connectivity index (χ2v) is 8.84. The van der Waals surface area contributed by atoms with Crippen molar-refractivity contribution in [2.75, 3.05) is 0 Å². The molecule has 8 nitrogen and oxygen atoms in total. The molecule has 2 aromatic heterocycles. The summed E-state index contributed by atoms with van der Waals surface area (Å²) in [6.07, 6.45) is 1.38. The van der Waals surface area contributed by atoms with E-state index in [0.717, 1.165) is 5.69 Å². The van der Waals surface area contributed by atoms with E-state index < -0.39 is 10.0 Å². The average molecular weight is 436 g/mol. The lowest BCUT2D eigenvalue weighted by molar-refractivity contribution is 0.0970. The molecule has 2 N–H and O–H groups in total. The maximum atomic E-state index is 13.0. The smallest absolute Gasteiger partial charge is 0.261 e. The fourth-order valence-electron chi connectivity index (χ4n) is 3.69. The number of nitrogens with zero attached hydrogens (tertiary/aromatic N) is 3. The third-order valence-corrected chi connectivity index (χ3v) is 6.13. The molecule has 0 aliphatic carbocycles. The highest BCUT2D eigenvalue weighted by molar-refractivity contribution is 7.89. The Morgan fingerprint density at radius 1 is 1.06 bits per heavy atom. The number of hydrogen-bond acceptors (Lipinski definition) is 5. The molecule has 31 heavy (non-hydrogen) atoms. The SMILES string of the molecule is Cc1cc(C(=O)Cn2cnc3ccccc3c2=O)c(C)n1-c1ccc(S(N)(=O)=O)cc1. The molecule has 2 aromatic carbocycles. The first kappa shape index (κ1) is 20.7. The van der Waals surface area contributed by atoms with Gasteiger partial charge in [-0.1, -0.05) is 12.1 Å². The number of rotatable bonds is 5. The van der Waals surface area contributed by atoms with Gasteiger partial charge in [-0.25, -0.2) is 18.5 Å². The number of Topliss-reactive ketones (excluding diaryl/α,β-unsaturated/α-hetero) is 1. The van der Waals surface area contributed by atoms with Crippen LogP contribution in [0.25, 0.3) is 16.6 Å². The molecule has 4 rings (SSSR count). The van der Waals surface area contributed by atoms with Crippen molar-refractivity contribution in [3.63, 3.8) is 0 Å². The van der Waals surface area contributed by atoms with Crippen molar-refractivity contribution in [2.45, 2.75) is 25.3 Å². The third kappa shape index (κ3) is 3.80. The van der Waals surface area contributed by atoms with E-state index in [9.17, 15) is 18.0 Å². The number of carbonyl (C=O) groups excluding carboxylic acids is 1. The highest BCUT2D eigenvalue weighted by Gasteiger charge is 2.18. The van der Waals surface area contributed by atoms with Gasteiger partial charge in [0.2, 0.25) is 10.0 Å². The summed E-state index contributed by atoms with van der Waals surface area (Å²) in [6, 6.07) is 14.8. The fourth-order valence-corrected chi connectivity index (χ4v) is 4.20. The van der Waals surface area contributed by atoms with Gasteiger partial charge in [-0.3, -0.25) is 14.2 Å². The molecule has 0 fully saturated rings. The van der Waals surface area contributed by atoms with Crippen LogP contribution in [-0.4, -0.2) is 28.3 Å². The van der Waals surface area contributed by atoms with Gasteiger partial charge < -0.3 is 4.57 Å². The molecule has 2 heterocycles. The van der Waals surface area contributed by atoms with Crippen molar-refractivity contribution in [3.05, 3.63) is 88.2 Å². The van der Waals surface area contributed by atoms with Crippen molar-refractivity contribution < 1.29 is 13.2 Å². The fraction of sp³-hybridized carbons (Fsp3) is 0.136. The molecular weight excluding hydrogens is 416 g/mol. The first-order valence-electron chi connectivity index (χ1n) is 9.46. The van der Waals surface area contributed by atoms with Gasteiger partial charge in [-0.2, -0.15) is 0 Å². The van der Waals surface area contributed by atoms with E-state index in [0.29, 0.717) is 27.8 Å². The van der Waals surface area contributed by atoms with Crippen LogP contribution in [-0.2, 0) is 16.6 Å². The molecule has 0 saturated carbocycles. The molecular formula is C22H20N4O4S. The predicted molar refractivity (Wildman–Crippen MR) is 117 cm³/mol. The predicted octanol–water partition coefficient (Wildman–Crippen LogP) is 2.33. The molecule has 0 aliphatic heterocycles. The maximum absolute atomic E-state index is 13.0. The summed E-state index contributed by atoms with van der Waals surface area (Å²) >= 11 is 0.